The van der Waals surface area contributed by atoms with Gasteiger partial charge in [-0.2, -0.15) is 0 Å². The van der Waals surface area contributed by atoms with Crippen molar-refractivity contribution in [3.05, 3.63) is 48.8 Å². The number of thiophene rings is 1. The Morgan fingerprint density at radius 2 is 1.76 bits per heavy atom. The molecule has 2 nitrogen and oxygen atoms in total. The Hall–Kier alpha value is -2.00. The van der Waals surface area contributed by atoms with E-state index >= 15 is 0 Å². The van der Waals surface area contributed by atoms with E-state index in [0.29, 0.717) is 0 Å². The van der Waals surface area contributed by atoms with Crippen molar-refractivity contribution < 1.29 is 0 Å². The van der Waals surface area contributed by atoms with Gasteiger partial charge in [-0.15, -0.1) is 11.3 Å². The van der Waals surface area contributed by atoms with E-state index in [2.05, 4.69) is 34.2 Å². The Kier molecular flexibility index (Phi) is 1.73. The molecule has 0 atom stereocenters. The average Bonchev–Trinajstić information content (AvgIpc) is 2.73. The molecular weight excluding hydrogens is 228 g/mol. The average molecular weight is 236 g/mol. The van der Waals surface area contributed by atoms with Crippen LogP contribution < -0.4 is 0 Å². The molecular formula is C14H8N2S. The van der Waals surface area contributed by atoms with Crippen molar-refractivity contribution >= 4 is 42.5 Å². The zero-order chi connectivity index (χ0) is 11.2. The third-order valence-electron chi connectivity index (χ3n) is 2.97. The first-order valence-electron chi connectivity index (χ1n) is 5.44. The van der Waals surface area contributed by atoms with E-state index in [0.717, 1.165) is 10.3 Å². The van der Waals surface area contributed by atoms with Gasteiger partial charge in [-0.3, -0.25) is 4.98 Å². The summed E-state index contributed by atoms with van der Waals surface area (Å²) in [6, 6.07) is 12.5. The molecule has 0 aliphatic carbocycles. The van der Waals surface area contributed by atoms with Crippen LogP contribution >= 0.6 is 11.3 Å². The van der Waals surface area contributed by atoms with Gasteiger partial charge in [0.15, 0.2) is 0 Å². The normalized spacial score (nSPS) is 11.5. The van der Waals surface area contributed by atoms with Crippen molar-refractivity contribution in [3.63, 3.8) is 0 Å². The monoisotopic (exact) mass is 236 g/mol. The highest BCUT2D eigenvalue weighted by molar-refractivity contribution is 7.25. The molecule has 0 amide bonds. The molecule has 0 aliphatic rings. The second kappa shape index (κ2) is 3.25. The van der Waals surface area contributed by atoms with Gasteiger partial charge in [0.1, 0.15) is 4.83 Å². The molecule has 3 aromatic heterocycles. The molecule has 0 unspecified atom stereocenters. The third-order valence-corrected chi connectivity index (χ3v) is 4.05. The Balaban J connectivity index is 2.28. The lowest BCUT2D eigenvalue weighted by Crippen LogP contribution is -1.76. The van der Waals surface area contributed by atoms with Gasteiger partial charge in [-0.1, -0.05) is 6.07 Å². The lowest BCUT2D eigenvalue weighted by Gasteiger charge is -1.96. The van der Waals surface area contributed by atoms with E-state index in [1.165, 1.54) is 20.9 Å². The topological polar surface area (TPSA) is 25.8 Å². The molecule has 0 saturated heterocycles. The van der Waals surface area contributed by atoms with E-state index in [-0.39, 0.29) is 0 Å². The molecule has 3 heteroatoms. The molecule has 1 aromatic carbocycles. The van der Waals surface area contributed by atoms with Gasteiger partial charge in [0.25, 0.3) is 0 Å². The Morgan fingerprint density at radius 3 is 2.76 bits per heavy atom. The van der Waals surface area contributed by atoms with E-state index in [1.807, 2.05) is 24.5 Å². The molecule has 0 aliphatic heterocycles. The summed E-state index contributed by atoms with van der Waals surface area (Å²) in [6.07, 6.45) is 3.68. The predicted molar refractivity (Wildman–Crippen MR) is 72.4 cm³/mol. The fraction of sp³-hybridized carbons (Fsp3) is 0. The number of rotatable bonds is 0. The summed E-state index contributed by atoms with van der Waals surface area (Å²) in [7, 11) is 0. The molecule has 0 saturated carbocycles. The fourth-order valence-electron chi connectivity index (χ4n) is 2.18. The Labute approximate surface area is 102 Å². The molecule has 0 N–H and O–H groups in total. The SMILES string of the molecule is c1cnc2cc3sc4ncccc4c3cc2c1. The summed E-state index contributed by atoms with van der Waals surface area (Å²) in [5, 5.41) is 3.69. The summed E-state index contributed by atoms with van der Waals surface area (Å²) in [4.78, 5) is 9.89. The summed E-state index contributed by atoms with van der Waals surface area (Å²) >= 11 is 1.73. The van der Waals surface area contributed by atoms with Crippen molar-refractivity contribution in [2.45, 2.75) is 0 Å². The first-order valence-corrected chi connectivity index (χ1v) is 6.25. The number of aromatic nitrogens is 2. The van der Waals surface area contributed by atoms with Crippen LogP contribution in [0.5, 0.6) is 0 Å². The second-order valence-corrected chi connectivity index (χ2v) is 5.03. The van der Waals surface area contributed by atoms with Crippen molar-refractivity contribution in [3.8, 4) is 0 Å². The van der Waals surface area contributed by atoms with Gasteiger partial charge in [-0.25, -0.2) is 4.98 Å². The molecule has 3 heterocycles. The maximum absolute atomic E-state index is 4.41. The first kappa shape index (κ1) is 9.07. The molecule has 4 rings (SSSR count). The van der Waals surface area contributed by atoms with Crippen molar-refractivity contribution in [2.24, 2.45) is 0 Å². The standard InChI is InChI=1S/C14H8N2S/c1-3-9-7-11-10-4-2-6-16-14(10)17-13(11)8-12(9)15-5-1/h1-8H. The van der Waals surface area contributed by atoms with E-state index in [1.54, 1.807) is 11.3 Å². The van der Waals surface area contributed by atoms with Crippen LogP contribution in [-0.4, -0.2) is 9.97 Å². The van der Waals surface area contributed by atoms with Crippen LogP contribution in [0.1, 0.15) is 0 Å². The number of nitrogens with zero attached hydrogens (tertiary/aromatic N) is 2. The summed E-state index contributed by atoms with van der Waals surface area (Å²) < 4.78 is 1.25. The van der Waals surface area contributed by atoms with E-state index in [4.69, 9.17) is 0 Å². The largest absolute Gasteiger partial charge is 0.256 e. The highest BCUT2D eigenvalue weighted by atomic mass is 32.1. The third kappa shape index (κ3) is 1.26. The van der Waals surface area contributed by atoms with Gasteiger partial charge < -0.3 is 0 Å². The molecule has 0 bridgehead atoms. The van der Waals surface area contributed by atoms with E-state index < -0.39 is 0 Å². The molecule has 0 fully saturated rings. The minimum atomic E-state index is 1.05. The smallest absolute Gasteiger partial charge is 0.124 e. The number of hydrogen-bond acceptors (Lipinski definition) is 3. The summed E-state index contributed by atoms with van der Waals surface area (Å²) in [6.45, 7) is 0. The molecule has 17 heavy (non-hydrogen) atoms. The number of fused-ring (bicyclic) bond motifs is 4. The van der Waals surface area contributed by atoms with Crippen LogP contribution in [-0.2, 0) is 0 Å². The molecule has 80 valence electrons. The van der Waals surface area contributed by atoms with Crippen LogP contribution in [0.4, 0.5) is 0 Å². The minimum Gasteiger partial charge on any atom is -0.256 e. The van der Waals surface area contributed by atoms with Gasteiger partial charge >= 0.3 is 0 Å². The van der Waals surface area contributed by atoms with Gasteiger partial charge in [0.2, 0.25) is 0 Å². The lowest BCUT2D eigenvalue weighted by molar-refractivity contribution is 1.42. The van der Waals surface area contributed by atoms with Gasteiger partial charge in [0, 0.05) is 33.3 Å². The van der Waals surface area contributed by atoms with Crippen LogP contribution in [0.15, 0.2) is 48.8 Å². The quantitative estimate of drug-likeness (QED) is 0.461. The van der Waals surface area contributed by atoms with Crippen molar-refractivity contribution in [1.29, 1.82) is 0 Å². The van der Waals surface area contributed by atoms with Crippen molar-refractivity contribution in [2.75, 3.05) is 0 Å². The molecule has 4 aromatic rings. The fourth-order valence-corrected chi connectivity index (χ4v) is 3.24. The lowest BCUT2D eigenvalue weighted by atomic mass is 10.1. The van der Waals surface area contributed by atoms with Crippen LogP contribution in [0.2, 0.25) is 0 Å². The maximum atomic E-state index is 4.41. The second-order valence-electron chi connectivity index (χ2n) is 4.00. The zero-order valence-electron chi connectivity index (χ0n) is 8.92. The Bertz CT molecular complexity index is 842. The highest BCUT2D eigenvalue weighted by Crippen LogP contribution is 2.34. The van der Waals surface area contributed by atoms with Crippen LogP contribution in [0, 0.1) is 0 Å². The Morgan fingerprint density at radius 1 is 0.882 bits per heavy atom. The first-order chi connectivity index (χ1) is 8.42. The van der Waals surface area contributed by atoms with Gasteiger partial charge in [0.05, 0.1) is 5.52 Å². The maximum Gasteiger partial charge on any atom is 0.124 e. The molecule has 0 radical (unpaired) electrons. The van der Waals surface area contributed by atoms with Gasteiger partial charge in [-0.05, 0) is 30.3 Å². The summed E-state index contributed by atoms with van der Waals surface area (Å²) in [5.41, 5.74) is 1.05. The van der Waals surface area contributed by atoms with Crippen LogP contribution in [0.25, 0.3) is 31.2 Å². The zero-order valence-corrected chi connectivity index (χ0v) is 9.74. The summed E-state index contributed by atoms with van der Waals surface area (Å²) in [5.74, 6) is 0. The number of benzene rings is 1. The van der Waals surface area contributed by atoms with E-state index in [9.17, 15) is 0 Å². The number of hydrogen-bond donors (Lipinski definition) is 0. The van der Waals surface area contributed by atoms with Crippen LogP contribution in [0.3, 0.4) is 0 Å². The highest BCUT2D eigenvalue weighted by Gasteiger charge is 2.06. The minimum absolute atomic E-state index is 1.05. The number of pyridine rings is 2. The molecule has 0 spiro atoms. The van der Waals surface area contributed by atoms with Crippen molar-refractivity contribution in [1.82, 2.24) is 9.97 Å². The predicted octanol–water partition coefficient (Wildman–Crippen LogP) is 4.00.